The van der Waals surface area contributed by atoms with Crippen molar-refractivity contribution in [2.24, 2.45) is 0 Å². The second kappa shape index (κ2) is 3.75. The third kappa shape index (κ3) is 1.70. The summed E-state index contributed by atoms with van der Waals surface area (Å²) >= 11 is 9.38. The first kappa shape index (κ1) is 9.74. The quantitative estimate of drug-likeness (QED) is 0.782. The van der Waals surface area contributed by atoms with Crippen LogP contribution in [0.1, 0.15) is 5.56 Å². The van der Waals surface area contributed by atoms with Gasteiger partial charge in [0.25, 0.3) is 0 Å². The van der Waals surface area contributed by atoms with E-state index < -0.39 is 0 Å². The van der Waals surface area contributed by atoms with Crippen molar-refractivity contribution in [2.45, 2.75) is 6.92 Å². The molecule has 1 heterocycles. The molecule has 14 heavy (non-hydrogen) atoms. The van der Waals surface area contributed by atoms with Gasteiger partial charge in [-0.2, -0.15) is 0 Å². The van der Waals surface area contributed by atoms with Gasteiger partial charge >= 0.3 is 0 Å². The van der Waals surface area contributed by atoms with Gasteiger partial charge in [0.15, 0.2) is 0 Å². The van der Waals surface area contributed by atoms with Crippen molar-refractivity contribution in [1.29, 1.82) is 0 Å². The minimum atomic E-state index is 0.594. The van der Waals surface area contributed by atoms with Gasteiger partial charge in [0.1, 0.15) is 6.26 Å². The molecule has 0 atom stereocenters. The molecule has 4 heteroatoms. The fourth-order valence-corrected chi connectivity index (χ4v) is 1.99. The van der Waals surface area contributed by atoms with Gasteiger partial charge in [0, 0.05) is 9.50 Å². The van der Waals surface area contributed by atoms with Crippen molar-refractivity contribution in [1.82, 2.24) is 4.98 Å². The van der Waals surface area contributed by atoms with Crippen LogP contribution in [0.25, 0.3) is 11.5 Å². The van der Waals surface area contributed by atoms with Gasteiger partial charge in [0.2, 0.25) is 5.89 Å². The van der Waals surface area contributed by atoms with Gasteiger partial charge in [-0.15, -0.1) is 0 Å². The molecule has 0 bridgehead atoms. The van der Waals surface area contributed by atoms with Crippen LogP contribution in [0.2, 0.25) is 5.02 Å². The zero-order chi connectivity index (χ0) is 10.1. The van der Waals surface area contributed by atoms with E-state index in [4.69, 9.17) is 16.0 Å². The van der Waals surface area contributed by atoms with E-state index in [0.29, 0.717) is 5.89 Å². The van der Waals surface area contributed by atoms with E-state index in [2.05, 4.69) is 20.9 Å². The van der Waals surface area contributed by atoms with Gasteiger partial charge in [-0.3, -0.25) is 0 Å². The molecule has 0 unspecified atom stereocenters. The molecule has 0 aliphatic rings. The maximum atomic E-state index is 5.97. The molecule has 2 aromatic rings. The Morgan fingerprint density at radius 1 is 1.43 bits per heavy atom. The molecule has 72 valence electrons. The average molecular weight is 273 g/mol. The number of nitrogens with zero attached hydrogens (tertiary/aromatic N) is 1. The highest BCUT2D eigenvalue weighted by Crippen LogP contribution is 2.31. The first-order valence-corrected chi connectivity index (χ1v) is 5.21. The number of rotatable bonds is 1. The van der Waals surface area contributed by atoms with E-state index in [-0.39, 0.29) is 0 Å². The summed E-state index contributed by atoms with van der Waals surface area (Å²) in [7, 11) is 0. The molecule has 0 saturated heterocycles. The Morgan fingerprint density at radius 2 is 2.21 bits per heavy atom. The van der Waals surface area contributed by atoms with Crippen LogP contribution < -0.4 is 0 Å². The van der Waals surface area contributed by atoms with Gasteiger partial charge in [-0.05, 0) is 40.5 Å². The molecule has 0 aliphatic heterocycles. The lowest BCUT2D eigenvalue weighted by Gasteiger charge is -2.03. The predicted octanol–water partition coefficient (Wildman–Crippen LogP) is 4.07. The molecule has 0 radical (unpaired) electrons. The number of hydrogen-bond acceptors (Lipinski definition) is 2. The summed E-state index contributed by atoms with van der Waals surface area (Å²) in [6.45, 7) is 1.95. The topological polar surface area (TPSA) is 26.0 Å². The number of aryl methyl sites for hydroxylation is 1. The van der Waals surface area contributed by atoms with E-state index >= 15 is 0 Å². The summed E-state index contributed by atoms with van der Waals surface area (Å²) in [6.07, 6.45) is 3.16. The van der Waals surface area contributed by atoms with Crippen molar-refractivity contribution in [3.8, 4) is 11.5 Å². The minimum Gasteiger partial charge on any atom is -0.444 e. The lowest BCUT2D eigenvalue weighted by atomic mass is 10.1. The normalized spacial score (nSPS) is 10.5. The van der Waals surface area contributed by atoms with E-state index in [1.165, 1.54) is 0 Å². The first-order valence-electron chi connectivity index (χ1n) is 4.04. The molecular formula is C10H7BrClNO. The predicted molar refractivity (Wildman–Crippen MR) is 59.4 cm³/mol. The third-order valence-electron chi connectivity index (χ3n) is 1.91. The lowest BCUT2D eigenvalue weighted by molar-refractivity contribution is 0.574. The number of halogens is 2. The van der Waals surface area contributed by atoms with Crippen LogP contribution in [0.3, 0.4) is 0 Å². The van der Waals surface area contributed by atoms with Crippen LogP contribution in [0, 0.1) is 6.92 Å². The zero-order valence-electron chi connectivity index (χ0n) is 7.42. The van der Waals surface area contributed by atoms with Crippen LogP contribution >= 0.6 is 27.5 Å². The van der Waals surface area contributed by atoms with Crippen LogP contribution in [0.15, 0.2) is 33.5 Å². The second-order valence-electron chi connectivity index (χ2n) is 2.92. The van der Waals surface area contributed by atoms with Crippen molar-refractivity contribution in [2.75, 3.05) is 0 Å². The van der Waals surface area contributed by atoms with Gasteiger partial charge in [-0.1, -0.05) is 11.6 Å². The number of oxazole rings is 1. The molecule has 0 amide bonds. The van der Waals surface area contributed by atoms with Crippen LogP contribution in [0.5, 0.6) is 0 Å². The smallest absolute Gasteiger partial charge is 0.227 e. The Labute approximate surface area is 95.0 Å². The molecule has 1 aromatic heterocycles. The lowest BCUT2D eigenvalue weighted by Crippen LogP contribution is -1.83. The van der Waals surface area contributed by atoms with Gasteiger partial charge in [0.05, 0.1) is 11.8 Å². The highest BCUT2D eigenvalue weighted by Gasteiger charge is 2.09. The summed E-state index contributed by atoms with van der Waals surface area (Å²) in [5, 5.41) is 0.729. The molecular weight excluding hydrogens is 265 g/mol. The molecule has 0 spiro atoms. The number of benzene rings is 1. The van der Waals surface area contributed by atoms with Crippen LogP contribution in [-0.4, -0.2) is 4.98 Å². The third-order valence-corrected chi connectivity index (χ3v) is 2.97. The van der Waals surface area contributed by atoms with Gasteiger partial charge in [-0.25, -0.2) is 4.98 Å². The van der Waals surface area contributed by atoms with E-state index in [9.17, 15) is 0 Å². The Hall–Kier alpha value is -0.800. The van der Waals surface area contributed by atoms with E-state index in [0.717, 1.165) is 20.6 Å². The Morgan fingerprint density at radius 3 is 2.86 bits per heavy atom. The Balaban J connectivity index is 2.60. The molecule has 0 aliphatic carbocycles. The second-order valence-corrected chi connectivity index (χ2v) is 4.18. The fraction of sp³-hybridized carbons (Fsp3) is 0.100. The first-order chi connectivity index (χ1) is 6.68. The standard InChI is InChI=1S/C10H7BrClNO/c1-6-4-7(8(11)5-9(6)12)10-13-2-3-14-10/h2-5H,1H3. The highest BCUT2D eigenvalue weighted by molar-refractivity contribution is 9.10. The Bertz CT molecular complexity index is 453. The summed E-state index contributed by atoms with van der Waals surface area (Å²) in [6, 6.07) is 3.79. The van der Waals surface area contributed by atoms with Crippen molar-refractivity contribution < 1.29 is 4.42 Å². The highest BCUT2D eigenvalue weighted by atomic mass is 79.9. The summed E-state index contributed by atoms with van der Waals surface area (Å²) in [5.41, 5.74) is 1.92. The molecule has 0 saturated carbocycles. The summed E-state index contributed by atoms with van der Waals surface area (Å²) < 4.78 is 6.10. The minimum absolute atomic E-state index is 0.594. The summed E-state index contributed by atoms with van der Waals surface area (Å²) in [4.78, 5) is 4.08. The Kier molecular flexibility index (Phi) is 2.61. The number of hydrogen-bond donors (Lipinski definition) is 0. The fourth-order valence-electron chi connectivity index (χ4n) is 1.18. The SMILES string of the molecule is Cc1cc(-c2ncco2)c(Br)cc1Cl. The molecule has 2 rings (SSSR count). The van der Waals surface area contributed by atoms with Crippen molar-refractivity contribution >= 4 is 27.5 Å². The van der Waals surface area contributed by atoms with E-state index in [1.807, 2.05) is 19.1 Å². The number of aromatic nitrogens is 1. The van der Waals surface area contributed by atoms with Crippen molar-refractivity contribution in [3.05, 3.63) is 39.7 Å². The maximum absolute atomic E-state index is 5.97. The average Bonchev–Trinajstić information content (AvgIpc) is 2.64. The molecule has 0 N–H and O–H groups in total. The zero-order valence-corrected chi connectivity index (χ0v) is 9.76. The molecule has 2 nitrogen and oxygen atoms in total. The monoisotopic (exact) mass is 271 g/mol. The molecule has 1 aromatic carbocycles. The van der Waals surface area contributed by atoms with Crippen molar-refractivity contribution in [3.63, 3.8) is 0 Å². The summed E-state index contributed by atoms with van der Waals surface area (Å²) in [5.74, 6) is 0.594. The van der Waals surface area contributed by atoms with Crippen LogP contribution in [-0.2, 0) is 0 Å². The maximum Gasteiger partial charge on any atom is 0.227 e. The largest absolute Gasteiger partial charge is 0.444 e. The molecule has 0 fully saturated rings. The van der Waals surface area contributed by atoms with Crippen LogP contribution in [0.4, 0.5) is 0 Å². The van der Waals surface area contributed by atoms with Gasteiger partial charge < -0.3 is 4.42 Å². The van der Waals surface area contributed by atoms with E-state index in [1.54, 1.807) is 12.5 Å².